The smallest absolute Gasteiger partial charge is 0.391 e. The summed E-state index contributed by atoms with van der Waals surface area (Å²) in [4.78, 5) is 23.6. The molecule has 0 radical (unpaired) electrons. The van der Waals surface area contributed by atoms with E-state index in [9.17, 15) is 27.9 Å². The van der Waals surface area contributed by atoms with Crippen LogP contribution >= 0.6 is 0 Å². The van der Waals surface area contributed by atoms with Crippen molar-refractivity contribution in [1.82, 2.24) is 5.32 Å². The zero-order valence-corrected chi connectivity index (χ0v) is 12.8. The zero-order valence-electron chi connectivity index (χ0n) is 12.8. The Morgan fingerprint density at radius 2 is 1.70 bits per heavy atom. The van der Waals surface area contributed by atoms with E-state index in [1.54, 1.807) is 0 Å². The van der Waals surface area contributed by atoms with Gasteiger partial charge in [-0.05, 0) is 31.6 Å². The number of amides is 1. The fourth-order valence-corrected chi connectivity index (χ4v) is 3.39. The molecule has 1 saturated carbocycles. The highest BCUT2D eigenvalue weighted by Gasteiger charge is 2.43. The number of carboxylic acids is 1. The third-order valence-corrected chi connectivity index (χ3v) is 4.92. The Morgan fingerprint density at radius 1 is 1.13 bits per heavy atom. The maximum atomic E-state index is 12.6. The van der Waals surface area contributed by atoms with E-state index in [1.807, 2.05) is 0 Å². The van der Waals surface area contributed by atoms with Crippen molar-refractivity contribution in [2.45, 2.75) is 56.7 Å². The minimum atomic E-state index is -4.16. The van der Waals surface area contributed by atoms with E-state index in [0.717, 1.165) is 0 Å². The van der Waals surface area contributed by atoms with Gasteiger partial charge in [0.1, 0.15) is 5.54 Å². The monoisotopic (exact) mass is 337 g/mol. The van der Waals surface area contributed by atoms with Crippen molar-refractivity contribution in [3.05, 3.63) is 0 Å². The molecule has 1 amide bonds. The zero-order chi connectivity index (χ0) is 17.1. The number of alkyl halides is 3. The molecule has 2 fully saturated rings. The fourth-order valence-electron chi connectivity index (χ4n) is 3.39. The van der Waals surface area contributed by atoms with Crippen molar-refractivity contribution >= 4 is 11.9 Å². The lowest BCUT2D eigenvalue weighted by Gasteiger charge is -2.35. The SMILES string of the molecule is O=C(CC1CCC(C(F)(F)F)CC1)NC1(C(=O)O)CCOCC1. The van der Waals surface area contributed by atoms with Crippen LogP contribution in [0.1, 0.15) is 44.9 Å². The van der Waals surface area contributed by atoms with E-state index in [0.29, 0.717) is 12.8 Å². The van der Waals surface area contributed by atoms with Gasteiger partial charge < -0.3 is 15.2 Å². The number of hydrogen-bond acceptors (Lipinski definition) is 3. The van der Waals surface area contributed by atoms with Crippen molar-refractivity contribution in [1.29, 1.82) is 0 Å². The summed E-state index contributed by atoms with van der Waals surface area (Å²) in [5.74, 6) is -2.87. The van der Waals surface area contributed by atoms with Gasteiger partial charge in [0.15, 0.2) is 0 Å². The second-order valence-electron chi connectivity index (χ2n) is 6.51. The summed E-state index contributed by atoms with van der Waals surface area (Å²) in [7, 11) is 0. The first kappa shape index (κ1) is 18.0. The van der Waals surface area contributed by atoms with E-state index in [4.69, 9.17) is 4.74 Å². The van der Waals surface area contributed by atoms with Gasteiger partial charge in [0.25, 0.3) is 0 Å². The molecule has 2 aliphatic rings. The quantitative estimate of drug-likeness (QED) is 0.826. The summed E-state index contributed by atoms with van der Waals surface area (Å²) >= 11 is 0. The lowest BCUT2D eigenvalue weighted by molar-refractivity contribution is -0.184. The average molecular weight is 337 g/mol. The Bertz CT molecular complexity index is 438. The van der Waals surface area contributed by atoms with Crippen LogP contribution in [-0.4, -0.2) is 41.9 Å². The van der Waals surface area contributed by atoms with Crippen molar-refractivity contribution < 1.29 is 32.6 Å². The lowest BCUT2D eigenvalue weighted by Crippen LogP contribution is -2.57. The Morgan fingerprint density at radius 3 is 2.17 bits per heavy atom. The van der Waals surface area contributed by atoms with Crippen LogP contribution < -0.4 is 5.32 Å². The summed E-state index contributed by atoms with van der Waals surface area (Å²) in [5.41, 5.74) is -1.31. The van der Waals surface area contributed by atoms with Gasteiger partial charge in [-0.3, -0.25) is 4.79 Å². The lowest BCUT2D eigenvalue weighted by atomic mass is 9.80. The highest BCUT2D eigenvalue weighted by Crippen LogP contribution is 2.40. The number of carboxylic acid groups (broad SMARTS) is 1. The summed E-state index contributed by atoms with van der Waals surface area (Å²) < 4.78 is 43.0. The van der Waals surface area contributed by atoms with Gasteiger partial charge in [0.2, 0.25) is 5.91 Å². The number of ether oxygens (including phenoxy) is 1. The van der Waals surface area contributed by atoms with Crippen molar-refractivity contribution in [2.24, 2.45) is 11.8 Å². The molecule has 23 heavy (non-hydrogen) atoms. The number of nitrogens with one attached hydrogen (secondary N) is 1. The number of carbonyl (C=O) groups is 2. The van der Waals surface area contributed by atoms with Crippen LogP contribution in [0.5, 0.6) is 0 Å². The topological polar surface area (TPSA) is 75.6 Å². The average Bonchev–Trinajstić information content (AvgIpc) is 2.47. The van der Waals surface area contributed by atoms with Gasteiger partial charge in [0.05, 0.1) is 5.92 Å². The molecule has 0 spiro atoms. The Balaban J connectivity index is 1.84. The molecule has 2 N–H and O–H groups in total. The van der Waals surface area contributed by atoms with Crippen LogP contribution in [0.25, 0.3) is 0 Å². The number of halogens is 3. The molecule has 0 bridgehead atoms. The van der Waals surface area contributed by atoms with E-state index in [1.165, 1.54) is 0 Å². The molecule has 1 aliphatic carbocycles. The third kappa shape index (κ3) is 4.59. The Hall–Kier alpha value is -1.31. The van der Waals surface area contributed by atoms with Gasteiger partial charge in [-0.25, -0.2) is 4.79 Å². The van der Waals surface area contributed by atoms with Crippen LogP contribution in [0, 0.1) is 11.8 Å². The Kier molecular flexibility index (Phi) is 5.54. The van der Waals surface area contributed by atoms with Gasteiger partial charge in [0, 0.05) is 32.5 Å². The molecular formula is C15H22F3NO4. The second-order valence-corrected chi connectivity index (χ2v) is 6.51. The van der Waals surface area contributed by atoms with Crippen LogP contribution in [0.3, 0.4) is 0 Å². The first-order valence-electron chi connectivity index (χ1n) is 7.92. The molecule has 1 aliphatic heterocycles. The molecule has 0 aromatic heterocycles. The summed E-state index contributed by atoms with van der Waals surface area (Å²) in [5, 5.41) is 12.0. The van der Waals surface area contributed by atoms with Crippen LogP contribution in [0.4, 0.5) is 13.2 Å². The number of carbonyl (C=O) groups excluding carboxylic acids is 1. The van der Waals surface area contributed by atoms with Crippen LogP contribution in [0.2, 0.25) is 0 Å². The molecule has 5 nitrogen and oxygen atoms in total. The van der Waals surface area contributed by atoms with E-state index < -0.39 is 29.5 Å². The molecule has 1 heterocycles. The minimum absolute atomic E-state index is 0.0410. The number of aliphatic carboxylic acids is 1. The third-order valence-electron chi connectivity index (χ3n) is 4.92. The molecule has 1 saturated heterocycles. The summed E-state index contributed by atoms with van der Waals surface area (Å²) in [6, 6.07) is 0. The predicted octanol–water partition coefficient (Wildman–Crippen LogP) is 2.50. The molecule has 0 atom stereocenters. The van der Waals surface area contributed by atoms with E-state index in [-0.39, 0.29) is 51.2 Å². The molecule has 132 valence electrons. The van der Waals surface area contributed by atoms with Crippen LogP contribution in [-0.2, 0) is 14.3 Å². The van der Waals surface area contributed by atoms with Gasteiger partial charge >= 0.3 is 12.1 Å². The molecule has 0 unspecified atom stereocenters. The maximum Gasteiger partial charge on any atom is 0.391 e. The molecular weight excluding hydrogens is 315 g/mol. The standard InChI is InChI=1S/C15H22F3NO4/c16-15(17,18)11-3-1-10(2-4-11)9-12(20)19-14(13(21)22)5-7-23-8-6-14/h10-11H,1-9H2,(H,19,20)(H,21,22). The fraction of sp³-hybridized carbons (Fsp3) is 0.867. The molecule has 0 aromatic carbocycles. The maximum absolute atomic E-state index is 12.6. The van der Waals surface area contributed by atoms with E-state index in [2.05, 4.69) is 5.32 Å². The highest BCUT2D eigenvalue weighted by atomic mass is 19.4. The summed E-state index contributed by atoms with van der Waals surface area (Å²) in [6.45, 7) is 0.534. The number of hydrogen-bond donors (Lipinski definition) is 2. The van der Waals surface area contributed by atoms with Crippen molar-refractivity contribution in [2.75, 3.05) is 13.2 Å². The van der Waals surface area contributed by atoms with Crippen molar-refractivity contribution in [3.63, 3.8) is 0 Å². The molecule has 2 rings (SSSR count). The van der Waals surface area contributed by atoms with Crippen molar-refractivity contribution in [3.8, 4) is 0 Å². The second kappa shape index (κ2) is 7.07. The minimum Gasteiger partial charge on any atom is -0.480 e. The normalized spacial score (nSPS) is 28.1. The van der Waals surface area contributed by atoms with E-state index >= 15 is 0 Å². The van der Waals surface area contributed by atoms with Crippen LogP contribution in [0.15, 0.2) is 0 Å². The van der Waals surface area contributed by atoms with Gasteiger partial charge in [-0.2, -0.15) is 13.2 Å². The summed E-state index contributed by atoms with van der Waals surface area (Å²) in [6.07, 6.45) is -2.90. The first-order valence-corrected chi connectivity index (χ1v) is 7.92. The van der Waals surface area contributed by atoms with Gasteiger partial charge in [-0.15, -0.1) is 0 Å². The first-order chi connectivity index (χ1) is 10.7. The molecule has 8 heteroatoms. The number of rotatable bonds is 4. The van der Waals surface area contributed by atoms with Gasteiger partial charge in [-0.1, -0.05) is 0 Å². The predicted molar refractivity (Wildman–Crippen MR) is 74.7 cm³/mol. The largest absolute Gasteiger partial charge is 0.480 e. The highest BCUT2D eigenvalue weighted by molar-refractivity contribution is 5.87. The Labute approximate surface area is 132 Å². The molecule has 0 aromatic rings.